The van der Waals surface area contributed by atoms with Crippen LogP contribution in [-0.4, -0.2) is 30.6 Å². The molecule has 2 nitrogen and oxygen atoms in total. The molecule has 0 saturated carbocycles. The molecule has 0 amide bonds. The van der Waals surface area contributed by atoms with Gasteiger partial charge in [-0.2, -0.15) is 0 Å². The third kappa shape index (κ3) is 4.59. The van der Waals surface area contributed by atoms with Gasteiger partial charge < -0.3 is 5.32 Å². The molecule has 3 heteroatoms. The zero-order chi connectivity index (χ0) is 13.7. The number of hydrogen-bond donors (Lipinski definition) is 1. The van der Waals surface area contributed by atoms with Crippen LogP contribution in [0.4, 0.5) is 0 Å². The molecule has 0 bridgehead atoms. The molecular weight excluding hydrogens is 252 g/mol. The lowest BCUT2D eigenvalue weighted by Crippen LogP contribution is -2.37. The summed E-state index contributed by atoms with van der Waals surface area (Å²) in [7, 11) is 0. The van der Waals surface area contributed by atoms with E-state index in [1.54, 1.807) is 0 Å². The Morgan fingerprint density at radius 1 is 1.42 bits per heavy atom. The summed E-state index contributed by atoms with van der Waals surface area (Å²) in [5.41, 5.74) is 1.54. The number of aryl methyl sites for hydroxylation is 2. The van der Waals surface area contributed by atoms with Crippen LogP contribution >= 0.6 is 11.3 Å². The Bertz CT molecular complexity index is 380. The number of thiophene rings is 1. The Labute approximate surface area is 122 Å². The second-order valence-corrected chi connectivity index (χ2v) is 7.28. The first-order valence-electron chi connectivity index (χ1n) is 7.70. The number of hydrogen-bond acceptors (Lipinski definition) is 3. The van der Waals surface area contributed by atoms with Crippen molar-refractivity contribution in [3.8, 4) is 0 Å². The maximum Gasteiger partial charge on any atom is 0.0245 e. The van der Waals surface area contributed by atoms with Gasteiger partial charge in [0.1, 0.15) is 0 Å². The molecule has 0 aliphatic carbocycles. The van der Waals surface area contributed by atoms with Gasteiger partial charge >= 0.3 is 0 Å². The SMILES string of the molecule is CCCCN(Cc1cc(C)sc1C)CC1CCCN1. The van der Waals surface area contributed by atoms with E-state index in [4.69, 9.17) is 0 Å². The first kappa shape index (κ1) is 15.0. The fourth-order valence-corrected chi connectivity index (χ4v) is 3.86. The summed E-state index contributed by atoms with van der Waals surface area (Å²) < 4.78 is 0. The standard InChI is InChI=1S/C16H28N2S/c1-4-5-9-18(12-16-7-6-8-17-16)11-15-10-13(2)19-14(15)3/h10,16-17H,4-9,11-12H2,1-3H3. The Kier molecular flexibility index (Phi) is 5.86. The second kappa shape index (κ2) is 7.41. The van der Waals surface area contributed by atoms with Gasteiger partial charge in [0, 0.05) is 28.9 Å². The molecule has 1 saturated heterocycles. The molecule has 0 spiro atoms. The average Bonchev–Trinajstić information content (AvgIpc) is 2.97. The van der Waals surface area contributed by atoms with Crippen molar-refractivity contribution in [2.24, 2.45) is 0 Å². The molecule has 1 aliphatic rings. The monoisotopic (exact) mass is 280 g/mol. The first-order valence-corrected chi connectivity index (χ1v) is 8.52. The smallest absolute Gasteiger partial charge is 0.0245 e. The summed E-state index contributed by atoms with van der Waals surface area (Å²) in [5.74, 6) is 0. The van der Waals surface area contributed by atoms with Crippen LogP contribution in [0, 0.1) is 13.8 Å². The van der Waals surface area contributed by atoms with Gasteiger partial charge in [0.25, 0.3) is 0 Å². The number of rotatable bonds is 7. The number of unbranched alkanes of at least 4 members (excludes halogenated alkanes) is 1. The molecule has 1 unspecified atom stereocenters. The molecule has 2 rings (SSSR count). The number of nitrogens with one attached hydrogen (secondary N) is 1. The van der Waals surface area contributed by atoms with E-state index in [9.17, 15) is 0 Å². The zero-order valence-electron chi connectivity index (χ0n) is 12.7. The predicted octanol–water partition coefficient (Wildman–Crippen LogP) is 3.72. The maximum atomic E-state index is 3.63. The van der Waals surface area contributed by atoms with E-state index in [2.05, 4.69) is 37.1 Å². The van der Waals surface area contributed by atoms with E-state index >= 15 is 0 Å². The van der Waals surface area contributed by atoms with Crippen LogP contribution in [0.3, 0.4) is 0 Å². The van der Waals surface area contributed by atoms with Gasteiger partial charge in [0.15, 0.2) is 0 Å². The van der Waals surface area contributed by atoms with Gasteiger partial charge in [-0.3, -0.25) is 4.90 Å². The highest BCUT2D eigenvalue weighted by Crippen LogP contribution is 2.22. The summed E-state index contributed by atoms with van der Waals surface area (Å²) in [5, 5.41) is 3.63. The second-order valence-electron chi connectivity index (χ2n) is 5.82. The van der Waals surface area contributed by atoms with Crippen LogP contribution in [-0.2, 0) is 6.54 Å². The predicted molar refractivity (Wildman–Crippen MR) is 85.0 cm³/mol. The summed E-state index contributed by atoms with van der Waals surface area (Å²) in [6.07, 6.45) is 5.30. The Hall–Kier alpha value is -0.380. The highest BCUT2D eigenvalue weighted by Gasteiger charge is 2.18. The molecule has 0 radical (unpaired) electrons. The van der Waals surface area contributed by atoms with Crippen LogP contribution in [0.15, 0.2) is 6.07 Å². The van der Waals surface area contributed by atoms with Gasteiger partial charge in [-0.05, 0) is 57.8 Å². The molecule has 1 aromatic rings. The van der Waals surface area contributed by atoms with E-state index in [-0.39, 0.29) is 0 Å². The molecule has 1 fully saturated rings. The minimum Gasteiger partial charge on any atom is -0.313 e. The van der Waals surface area contributed by atoms with Crippen LogP contribution in [0.5, 0.6) is 0 Å². The third-order valence-electron chi connectivity index (χ3n) is 4.01. The molecule has 2 heterocycles. The molecular formula is C16H28N2S. The fourth-order valence-electron chi connectivity index (χ4n) is 2.92. The summed E-state index contributed by atoms with van der Waals surface area (Å²) in [6.45, 7) is 11.6. The van der Waals surface area contributed by atoms with Gasteiger partial charge in [0.05, 0.1) is 0 Å². The summed E-state index contributed by atoms with van der Waals surface area (Å²) in [4.78, 5) is 5.60. The first-order chi connectivity index (χ1) is 9.19. The topological polar surface area (TPSA) is 15.3 Å². The Morgan fingerprint density at radius 3 is 2.84 bits per heavy atom. The van der Waals surface area contributed by atoms with E-state index < -0.39 is 0 Å². The van der Waals surface area contributed by atoms with Crippen LogP contribution in [0.25, 0.3) is 0 Å². The van der Waals surface area contributed by atoms with Gasteiger partial charge in [-0.15, -0.1) is 11.3 Å². The van der Waals surface area contributed by atoms with Crippen molar-refractivity contribution in [1.82, 2.24) is 10.2 Å². The molecule has 19 heavy (non-hydrogen) atoms. The van der Waals surface area contributed by atoms with E-state index in [1.807, 2.05) is 11.3 Å². The minimum absolute atomic E-state index is 0.719. The number of nitrogens with zero attached hydrogens (tertiary/aromatic N) is 1. The van der Waals surface area contributed by atoms with Crippen LogP contribution < -0.4 is 5.32 Å². The van der Waals surface area contributed by atoms with Crippen molar-refractivity contribution >= 4 is 11.3 Å². The van der Waals surface area contributed by atoms with Crippen molar-refractivity contribution in [2.45, 2.75) is 59.0 Å². The van der Waals surface area contributed by atoms with E-state index in [0.29, 0.717) is 0 Å². The van der Waals surface area contributed by atoms with Gasteiger partial charge in [-0.25, -0.2) is 0 Å². The lowest BCUT2D eigenvalue weighted by Gasteiger charge is -2.25. The largest absolute Gasteiger partial charge is 0.313 e. The molecule has 0 aromatic carbocycles. The van der Waals surface area contributed by atoms with Crippen LogP contribution in [0.2, 0.25) is 0 Å². The quantitative estimate of drug-likeness (QED) is 0.819. The molecule has 1 aromatic heterocycles. The van der Waals surface area contributed by atoms with E-state index in [1.165, 1.54) is 60.6 Å². The Balaban J connectivity index is 1.93. The normalized spacial score (nSPS) is 19.5. The van der Waals surface area contributed by atoms with Crippen molar-refractivity contribution < 1.29 is 0 Å². The molecule has 1 atom stereocenters. The third-order valence-corrected chi connectivity index (χ3v) is 5.01. The molecule has 1 N–H and O–H groups in total. The highest BCUT2D eigenvalue weighted by atomic mass is 32.1. The zero-order valence-corrected chi connectivity index (χ0v) is 13.5. The van der Waals surface area contributed by atoms with Gasteiger partial charge in [0.2, 0.25) is 0 Å². The summed E-state index contributed by atoms with van der Waals surface area (Å²) in [6, 6.07) is 3.10. The fraction of sp³-hybridized carbons (Fsp3) is 0.750. The van der Waals surface area contributed by atoms with Gasteiger partial charge in [-0.1, -0.05) is 13.3 Å². The van der Waals surface area contributed by atoms with Crippen molar-refractivity contribution in [3.63, 3.8) is 0 Å². The van der Waals surface area contributed by atoms with Crippen molar-refractivity contribution in [2.75, 3.05) is 19.6 Å². The average molecular weight is 280 g/mol. The summed E-state index contributed by atoms with van der Waals surface area (Å²) >= 11 is 1.94. The van der Waals surface area contributed by atoms with E-state index in [0.717, 1.165) is 12.6 Å². The minimum atomic E-state index is 0.719. The van der Waals surface area contributed by atoms with Crippen LogP contribution in [0.1, 0.15) is 47.9 Å². The molecule has 108 valence electrons. The maximum absolute atomic E-state index is 3.63. The highest BCUT2D eigenvalue weighted by molar-refractivity contribution is 7.12. The lowest BCUT2D eigenvalue weighted by atomic mass is 10.1. The lowest BCUT2D eigenvalue weighted by molar-refractivity contribution is 0.237. The Morgan fingerprint density at radius 2 is 2.26 bits per heavy atom. The van der Waals surface area contributed by atoms with Crippen molar-refractivity contribution in [3.05, 3.63) is 21.4 Å². The molecule has 1 aliphatic heterocycles. The van der Waals surface area contributed by atoms with Crippen molar-refractivity contribution in [1.29, 1.82) is 0 Å².